The molecule has 0 amide bonds. The summed E-state index contributed by atoms with van der Waals surface area (Å²) in [5, 5.41) is 5.01. The lowest BCUT2D eigenvalue weighted by Crippen LogP contribution is -2.25. The standard InChI is InChI=1S/C25H33N3/c1-5-28(6-2)17-9-10-20(4)27-25-22-11-7-8-12-24(22)26-18-23(25)21-15-13-19(3)14-16-21/h7-8,11-16,18,20H,5-6,9-10,17H2,1-4H3,(H,26,27). The van der Waals surface area contributed by atoms with Crippen LogP contribution in [0.4, 0.5) is 5.69 Å². The van der Waals surface area contributed by atoms with Gasteiger partial charge in [0.2, 0.25) is 0 Å². The maximum atomic E-state index is 4.71. The van der Waals surface area contributed by atoms with Gasteiger partial charge < -0.3 is 10.2 Å². The van der Waals surface area contributed by atoms with E-state index in [0.29, 0.717) is 6.04 Å². The summed E-state index contributed by atoms with van der Waals surface area (Å²) in [5.74, 6) is 0. The van der Waals surface area contributed by atoms with Crippen molar-refractivity contribution in [1.29, 1.82) is 0 Å². The third kappa shape index (κ3) is 4.90. The summed E-state index contributed by atoms with van der Waals surface area (Å²) < 4.78 is 0. The summed E-state index contributed by atoms with van der Waals surface area (Å²) in [4.78, 5) is 7.20. The van der Waals surface area contributed by atoms with E-state index in [1.54, 1.807) is 0 Å². The molecule has 0 aliphatic carbocycles. The highest BCUT2D eigenvalue weighted by Crippen LogP contribution is 2.34. The molecule has 3 nitrogen and oxygen atoms in total. The quantitative estimate of drug-likeness (QED) is 0.487. The van der Waals surface area contributed by atoms with Crippen LogP contribution in [0.15, 0.2) is 54.7 Å². The van der Waals surface area contributed by atoms with E-state index >= 15 is 0 Å². The Morgan fingerprint density at radius 1 is 1.00 bits per heavy atom. The molecule has 3 heteroatoms. The van der Waals surface area contributed by atoms with Crippen LogP contribution in [0, 0.1) is 6.92 Å². The van der Waals surface area contributed by atoms with Gasteiger partial charge in [0, 0.05) is 23.2 Å². The Hall–Kier alpha value is -2.39. The van der Waals surface area contributed by atoms with E-state index in [1.165, 1.54) is 40.7 Å². The molecule has 148 valence electrons. The minimum absolute atomic E-state index is 0.408. The number of fused-ring (bicyclic) bond motifs is 1. The van der Waals surface area contributed by atoms with Crippen LogP contribution in [-0.2, 0) is 0 Å². The monoisotopic (exact) mass is 375 g/mol. The zero-order valence-electron chi connectivity index (χ0n) is 17.7. The number of hydrogen-bond acceptors (Lipinski definition) is 3. The first-order valence-electron chi connectivity index (χ1n) is 10.6. The van der Waals surface area contributed by atoms with Gasteiger partial charge >= 0.3 is 0 Å². The minimum atomic E-state index is 0.408. The smallest absolute Gasteiger partial charge is 0.0723 e. The van der Waals surface area contributed by atoms with Crippen molar-refractivity contribution in [2.45, 2.75) is 46.6 Å². The van der Waals surface area contributed by atoms with E-state index in [9.17, 15) is 0 Å². The van der Waals surface area contributed by atoms with Crippen molar-refractivity contribution in [2.75, 3.05) is 25.0 Å². The van der Waals surface area contributed by atoms with Gasteiger partial charge in [-0.3, -0.25) is 4.98 Å². The van der Waals surface area contributed by atoms with Crippen molar-refractivity contribution in [2.24, 2.45) is 0 Å². The van der Waals surface area contributed by atoms with Crippen LogP contribution in [0.25, 0.3) is 22.0 Å². The van der Waals surface area contributed by atoms with Crippen LogP contribution >= 0.6 is 0 Å². The van der Waals surface area contributed by atoms with Crippen LogP contribution in [0.3, 0.4) is 0 Å². The molecule has 1 atom stereocenters. The average Bonchev–Trinajstić information content (AvgIpc) is 2.72. The lowest BCUT2D eigenvalue weighted by molar-refractivity contribution is 0.295. The zero-order chi connectivity index (χ0) is 19.9. The molecule has 0 aliphatic rings. The first-order chi connectivity index (χ1) is 13.6. The second-order valence-electron chi connectivity index (χ2n) is 7.64. The Morgan fingerprint density at radius 2 is 1.71 bits per heavy atom. The van der Waals surface area contributed by atoms with E-state index in [4.69, 9.17) is 4.98 Å². The van der Waals surface area contributed by atoms with Crippen LogP contribution in [-0.4, -0.2) is 35.6 Å². The Morgan fingerprint density at radius 3 is 2.43 bits per heavy atom. The number of hydrogen-bond donors (Lipinski definition) is 1. The Labute approximate surface area is 169 Å². The summed E-state index contributed by atoms with van der Waals surface area (Å²) in [6.45, 7) is 12.3. The van der Waals surface area contributed by atoms with Crippen molar-refractivity contribution in [3.8, 4) is 11.1 Å². The van der Waals surface area contributed by atoms with Crippen molar-refractivity contribution in [3.63, 3.8) is 0 Å². The highest BCUT2D eigenvalue weighted by Gasteiger charge is 2.13. The first-order valence-corrected chi connectivity index (χ1v) is 10.6. The molecule has 1 heterocycles. The van der Waals surface area contributed by atoms with E-state index < -0.39 is 0 Å². The van der Waals surface area contributed by atoms with E-state index in [1.807, 2.05) is 6.20 Å². The summed E-state index contributed by atoms with van der Waals surface area (Å²) >= 11 is 0. The molecule has 3 aromatic rings. The van der Waals surface area contributed by atoms with Gasteiger partial charge in [0.15, 0.2) is 0 Å². The summed E-state index contributed by atoms with van der Waals surface area (Å²) in [5.41, 5.74) is 5.90. The maximum Gasteiger partial charge on any atom is 0.0723 e. The maximum absolute atomic E-state index is 4.71. The van der Waals surface area contributed by atoms with Gasteiger partial charge in [-0.2, -0.15) is 0 Å². The van der Waals surface area contributed by atoms with Gasteiger partial charge in [-0.15, -0.1) is 0 Å². The third-order valence-corrected chi connectivity index (χ3v) is 5.53. The fourth-order valence-electron chi connectivity index (χ4n) is 3.73. The molecule has 0 fully saturated rings. The second-order valence-corrected chi connectivity index (χ2v) is 7.64. The number of rotatable bonds is 9. The largest absolute Gasteiger partial charge is 0.381 e. The average molecular weight is 376 g/mol. The van der Waals surface area contributed by atoms with Crippen LogP contribution < -0.4 is 5.32 Å². The van der Waals surface area contributed by atoms with Gasteiger partial charge in [-0.05, 0) is 58.0 Å². The van der Waals surface area contributed by atoms with Gasteiger partial charge in [-0.1, -0.05) is 61.9 Å². The number of aromatic nitrogens is 1. The summed E-state index contributed by atoms with van der Waals surface area (Å²) in [6.07, 6.45) is 4.37. The number of para-hydroxylation sites is 1. The topological polar surface area (TPSA) is 28.2 Å². The molecule has 1 aromatic heterocycles. The molecule has 0 radical (unpaired) electrons. The fourth-order valence-corrected chi connectivity index (χ4v) is 3.73. The molecule has 1 N–H and O–H groups in total. The molecule has 0 saturated carbocycles. The van der Waals surface area contributed by atoms with Crippen LogP contribution in [0.1, 0.15) is 39.2 Å². The first kappa shape index (κ1) is 20.3. The molecule has 1 unspecified atom stereocenters. The SMILES string of the molecule is CCN(CC)CCCC(C)Nc1c(-c2ccc(C)cc2)cnc2ccccc12. The predicted octanol–water partition coefficient (Wildman–Crippen LogP) is 6.13. The predicted molar refractivity (Wildman–Crippen MR) is 122 cm³/mol. The third-order valence-electron chi connectivity index (χ3n) is 5.53. The minimum Gasteiger partial charge on any atom is -0.381 e. The highest BCUT2D eigenvalue weighted by atomic mass is 15.1. The summed E-state index contributed by atoms with van der Waals surface area (Å²) in [6, 6.07) is 17.5. The van der Waals surface area contributed by atoms with Gasteiger partial charge in [0.25, 0.3) is 0 Å². The molecule has 0 saturated heterocycles. The van der Waals surface area contributed by atoms with E-state index in [0.717, 1.165) is 25.0 Å². The number of nitrogens with zero attached hydrogens (tertiary/aromatic N) is 2. The van der Waals surface area contributed by atoms with Gasteiger partial charge in [0.1, 0.15) is 0 Å². The van der Waals surface area contributed by atoms with Crippen LogP contribution in [0.5, 0.6) is 0 Å². The molecule has 28 heavy (non-hydrogen) atoms. The van der Waals surface area contributed by atoms with E-state index in [-0.39, 0.29) is 0 Å². The van der Waals surface area contributed by atoms with Crippen molar-refractivity contribution in [3.05, 3.63) is 60.3 Å². The van der Waals surface area contributed by atoms with Crippen molar-refractivity contribution < 1.29 is 0 Å². The Bertz CT molecular complexity index is 882. The van der Waals surface area contributed by atoms with Crippen LogP contribution in [0.2, 0.25) is 0 Å². The van der Waals surface area contributed by atoms with Gasteiger partial charge in [-0.25, -0.2) is 0 Å². The Balaban J connectivity index is 1.85. The van der Waals surface area contributed by atoms with Gasteiger partial charge in [0.05, 0.1) is 11.2 Å². The molecular formula is C25H33N3. The molecule has 2 aromatic carbocycles. The van der Waals surface area contributed by atoms with Crippen molar-refractivity contribution >= 4 is 16.6 Å². The normalized spacial score (nSPS) is 12.5. The fraction of sp³-hybridized carbons (Fsp3) is 0.400. The lowest BCUT2D eigenvalue weighted by Gasteiger charge is -2.22. The molecule has 0 aliphatic heterocycles. The molecule has 3 rings (SSSR count). The molecule has 0 spiro atoms. The number of aryl methyl sites for hydroxylation is 1. The molecule has 0 bridgehead atoms. The number of pyridine rings is 1. The second kappa shape index (κ2) is 9.70. The molecular weight excluding hydrogens is 342 g/mol. The highest BCUT2D eigenvalue weighted by molar-refractivity contribution is 5.99. The lowest BCUT2D eigenvalue weighted by atomic mass is 10.0. The number of anilines is 1. The van der Waals surface area contributed by atoms with Crippen molar-refractivity contribution in [1.82, 2.24) is 9.88 Å². The van der Waals surface area contributed by atoms with E-state index in [2.05, 4.69) is 86.4 Å². The zero-order valence-corrected chi connectivity index (χ0v) is 17.7. The summed E-state index contributed by atoms with van der Waals surface area (Å²) in [7, 11) is 0. The number of benzene rings is 2. The number of nitrogens with one attached hydrogen (secondary N) is 1. The Kier molecular flexibility index (Phi) is 7.05.